The Morgan fingerprint density at radius 2 is 1.93 bits per heavy atom. The lowest BCUT2D eigenvalue weighted by atomic mass is 10.2. The molecule has 0 fully saturated rings. The van der Waals surface area contributed by atoms with Crippen molar-refractivity contribution < 1.29 is 26.7 Å². The molecule has 0 aliphatic carbocycles. The molecule has 0 radical (unpaired) electrons. The topological polar surface area (TPSA) is 75.7 Å². The van der Waals surface area contributed by atoms with Crippen molar-refractivity contribution in [2.24, 2.45) is 0 Å². The van der Waals surface area contributed by atoms with Gasteiger partial charge in [0.05, 0.1) is 24.7 Å². The summed E-state index contributed by atoms with van der Waals surface area (Å²) in [7, 11) is -2.09. The van der Waals surface area contributed by atoms with Gasteiger partial charge < -0.3 is 10.1 Å². The van der Waals surface area contributed by atoms with Crippen molar-refractivity contribution >= 4 is 27.3 Å². The van der Waals surface area contributed by atoms with E-state index in [9.17, 15) is 22.0 Å². The number of rotatable bonds is 8. The Morgan fingerprint density at radius 3 is 2.56 bits per heavy atom. The highest BCUT2D eigenvalue weighted by molar-refractivity contribution is 7.92. The molecule has 0 heterocycles. The van der Waals surface area contributed by atoms with Gasteiger partial charge in [-0.1, -0.05) is 6.07 Å². The number of benzene rings is 2. The van der Waals surface area contributed by atoms with Crippen LogP contribution in [0.25, 0.3) is 0 Å². The van der Waals surface area contributed by atoms with Gasteiger partial charge in [-0.3, -0.25) is 9.10 Å². The van der Waals surface area contributed by atoms with Gasteiger partial charge in [0.15, 0.2) is 0 Å². The van der Waals surface area contributed by atoms with E-state index in [1.807, 2.05) is 0 Å². The molecule has 0 saturated heterocycles. The average Bonchev–Trinajstić information content (AvgIpc) is 2.60. The monoisotopic (exact) mass is 398 g/mol. The fourth-order valence-electron chi connectivity index (χ4n) is 2.44. The number of nitrogens with zero attached hydrogens (tertiary/aromatic N) is 1. The van der Waals surface area contributed by atoms with Crippen LogP contribution >= 0.6 is 0 Å². The van der Waals surface area contributed by atoms with Gasteiger partial charge in [-0.25, -0.2) is 17.2 Å². The summed E-state index contributed by atoms with van der Waals surface area (Å²) in [6.45, 7) is 0.0608. The summed E-state index contributed by atoms with van der Waals surface area (Å²) in [6.07, 6.45) is 1.24. The van der Waals surface area contributed by atoms with Crippen molar-refractivity contribution in [2.75, 3.05) is 29.5 Å². The molecule has 0 aliphatic rings. The van der Waals surface area contributed by atoms with Crippen LogP contribution in [0.3, 0.4) is 0 Å². The summed E-state index contributed by atoms with van der Waals surface area (Å²) < 4.78 is 56.9. The molecule has 0 aliphatic heterocycles. The van der Waals surface area contributed by atoms with E-state index in [0.29, 0.717) is 17.5 Å². The number of hydrogen-bond donors (Lipinski definition) is 1. The third-order valence-electron chi connectivity index (χ3n) is 3.71. The van der Waals surface area contributed by atoms with E-state index in [2.05, 4.69) is 5.32 Å². The lowest BCUT2D eigenvalue weighted by molar-refractivity contribution is -0.116. The Kier molecular flexibility index (Phi) is 6.73. The van der Waals surface area contributed by atoms with Crippen LogP contribution in [0.5, 0.6) is 5.75 Å². The lowest BCUT2D eigenvalue weighted by Gasteiger charge is -2.22. The summed E-state index contributed by atoms with van der Waals surface area (Å²) in [4.78, 5) is 12.0. The number of ether oxygens (including phenoxy) is 1. The molecule has 0 aromatic heterocycles. The molecule has 0 unspecified atom stereocenters. The molecule has 2 rings (SSSR count). The van der Waals surface area contributed by atoms with Gasteiger partial charge in [-0.05, 0) is 30.7 Å². The Hall–Kier alpha value is -2.68. The molecule has 2 aromatic carbocycles. The molecule has 2 aromatic rings. The van der Waals surface area contributed by atoms with Crippen LogP contribution in [0.1, 0.15) is 12.8 Å². The standard InChI is InChI=1S/C18H20F2N2O4S/c1-26-15-6-3-5-14(12-15)22(27(2,24)25)10-4-7-18(23)21-17-9-8-13(19)11-16(17)20/h3,5-6,8-9,11-12H,4,7,10H2,1-2H3,(H,21,23). The fraction of sp³-hybridized carbons (Fsp3) is 0.278. The second kappa shape index (κ2) is 8.81. The molecule has 9 heteroatoms. The number of anilines is 2. The number of halogens is 2. The van der Waals surface area contributed by atoms with Gasteiger partial charge in [0.2, 0.25) is 15.9 Å². The fourth-order valence-corrected chi connectivity index (χ4v) is 3.40. The highest BCUT2D eigenvalue weighted by Crippen LogP contribution is 2.23. The predicted octanol–water partition coefficient (Wildman–Crippen LogP) is 3.16. The van der Waals surface area contributed by atoms with E-state index in [0.717, 1.165) is 18.4 Å². The van der Waals surface area contributed by atoms with E-state index >= 15 is 0 Å². The van der Waals surface area contributed by atoms with Gasteiger partial charge in [-0.15, -0.1) is 0 Å². The summed E-state index contributed by atoms with van der Waals surface area (Å²) in [5, 5.41) is 2.34. The third kappa shape index (κ3) is 5.92. The minimum absolute atomic E-state index is 0.0349. The van der Waals surface area contributed by atoms with Gasteiger partial charge >= 0.3 is 0 Å². The molecule has 0 saturated carbocycles. The van der Waals surface area contributed by atoms with E-state index in [1.54, 1.807) is 24.3 Å². The van der Waals surface area contributed by atoms with Crippen molar-refractivity contribution in [3.05, 3.63) is 54.1 Å². The van der Waals surface area contributed by atoms with Crippen molar-refractivity contribution in [1.82, 2.24) is 0 Å². The number of hydrogen-bond acceptors (Lipinski definition) is 4. The quantitative estimate of drug-likeness (QED) is 0.741. The highest BCUT2D eigenvalue weighted by atomic mass is 32.2. The number of methoxy groups -OCH3 is 1. The first-order valence-corrected chi connectivity index (χ1v) is 9.92. The number of carbonyl (C=O) groups is 1. The smallest absolute Gasteiger partial charge is 0.232 e. The van der Waals surface area contributed by atoms with Gasteiger partial charge in [0.1, 0.15) is 17.4 Å². The summed E-state index contributed by atoms with van der Waals surface area (Å²) >= 11 is 0. The Labute approximate surface area is 156 Å². The van der Waals surface area contributed by atoms with Crippen molar-refractivity contribution in [1.29, 1.82) is 0 Å². The number of sulfonamides is 1. The molecule has 1 N–H and O–H groups in total. The Morgan fingerprint density at radius 1 is 1.19 bits per heavy atom. The van der Waals surface area contributed by atoms with Crippen molar-refractivity contribution in [3.63, 3.8) is 0 Å². The van der Waals surface area contributed by atoms with Crippen LogP contribution in [0, 0.1) is 11.6 Å². The molecule has 0 bridgehead atoms. The molecule has 0 spiro atoms. The van der Waals surface area contributed by atoms with E-state index < -0.39 is 27.6 Å². The van der Waals surface area contributed by atoms with Crippen molar-refractivity contribution in [3.8, 4) is 5.75 Å². The number of amides is 1. The maximum atomic E-state index is 13.6. The van der Waals surface area contributed by atoms with Crippen LogP contribution in [-0.2, 0) is 14.8 Å². The third-order valence-corrected chi connectivity index (χ3v) is 4.91. The molecule has 146 valence electrons. The molecule has 0 atom stereocenters. The molecule has 1 amide bonds. The Bertz CT molecular complexity index is 919. The van der Waals surface area contributed by atoms with Crippen LogP contribution in [0.4, 0.5) is 20.2 Å². The zero-order valence-corrected chi connectivity index (χ0v) is 15.7. The van der Waals surface area contributed by atoms with Crippen molar-refractivity contribution in [2.45, 2.75) is 12.8 Å². The number of nitrogens with one attached hydrogen (secondary N) is 1. The van der Waals surface area contributed by atoms with Gasteiger partial charge in [-0.2, -0.15) is 0 Å². The molecular weight excluding hydrogens is 378 g/mol. The summed E-state index contributed by atoms with van der Waals surface area (Å²) in [5.41, 5.74) is 0.288. The molecule has 6 nitrogen and oxygen atoms in total. The first-order valence-electron chi connectivity index (χ1n) is 8.07. The van der Waals surface area contributed by atoms with E-state index in [4.69, 9.17) is 4.74 Å². The first-order chi connectivity index (χ1) is 12.7. The van der Waals surface area contributed by atoms with Crippen LogP contribution in [0.15, 0.2) is 42.5 Å². The second-order valence-electron chi connectivity index (χ2n) is 5.81. The SMILES string of the molecule is COc1cccc(N(CCCC(=O)Nc2ccc(F)cc2F)S(C)(=O)=O)c1. The van der Waals surface area contributed by atoms with Crippen LogP contribution in [-0.4, -0.2) is 34.2 Å². The van der Waals surface area contributed by atoms with E-state index in [1.165, 1.54) is 11.4 Å². The maximum Gasteiger partial charge on any atom is 0.232 e. The maximum absolute atomic E-state index is 13.6. The van der Waals surface area contributed by atoms with E-state index in [-0.39, 0.29) is 25.1 Å². The first kappa shape index (κ1) is 20.6. The zero-order chi connectivity index (χ0) is 20.0. The van der Waals surface area contributed by atoms with Crippen LogP contribution in [0.2, 0.25) is 0 Å². The van der Waals surface area contributed by atoms with Gasteiger partial charge in [0.25, 0.3) is 0 Å². The molecular formula is C18H20F2N2O4S. The normalized spacial score (nSPS) is 11.1. The average molecular weight is 398 g/mol. The predicted molar refractivity (Wildman–Crippen MR) is 99.4 cm³/mol. The minimum atomic E-state index is -3.57. The summed E-state index contributed by atoms with van der Waals surface area (Å²) in [6, 6.07) is 9.38. The second-order valence-corrected chi connectivity index (χ2v) is 7.72. The van der Waals surface area contributed by atoms with Crippen LogP contribution < -0.4 is 14.4 Å². The minimum Gasteiger partial charge on any atom is -0.497 e. The molecule has 27 heavy (non-hydrogen) atoms. The van der Waals surface area contributed by atoms with Gasteiger partial charge in [0, 0.05) is 25.1 Å². The zero-order valence-electron chi connectivity index (χ0n) is 14.9. The Balaban J connectivity index is 2.00. The largest absolute Gasteiger partial charge is 0.497 e. The summed E-state index contributed by atoms with van der Waals surface area (Å²) in [5.74, 6) is -1.62. The lowest BCUT2D eigenvalue weighted by Crippen LogP contribution is -2.31. The highest BCUT2D eigenvalue weighted by Gasteiger charge is 2.18. The number of carbonyl (C=O) groups excluding carboxylic acids is 1.